The number of rotatable bonds is 4. The summed E-state index contributed by atoms with van der Waals surface area (Å²) in [6.07, 6.45) is 2.01. The second-order valence-corrected chi connectivity index (χ2v) is 4.67. The van der Waals surface area contributed by atoms with Crippen LogP contribution in [0.5, 0.6) is 5.75 Å². The second kappa shape index (κ2) is 5.31. The van der Waals surface area contributed by atoms with Gasteiger partial charge in [0.15, 0.2) is 0 Å². The van der Waals surface area contributed by atoms with Gasteiger partial charge in [-0.05, 0) is 53.4 Å². The number of benzene rings is 2. The molecule has 0 spiro atoms. The minimum atomic E-state index is -0.904. The third-order valence-electron chi connectivity index (χ3n) is 3.45. The SMILES string of the molecule is CCCc1c(C)c(OC)cc2cc(C(=O)O)ccc12. The summed E-state index contributed by atoms with van der Waals surface area (Å²) in [5, 5.41) is 11.1. The van der Waals surface area contributed by atoms with E-state index in [1.54, 1.807) is 19.2 Å². The van der Waals surface area contributed by atoms with Crippen molar-refractivity contribution in [1.29, 1.82) is 0 Å². The number of ether oxygens (including phenoxy) is 1. The van der Waals surface area contributed by atoms with Crippen molar-refractivity contribution in [3.05, 3.63) is 41.0 Å². The molecule has 0 amide bonds. The number of carboxylic acids is 1. The maximum absolute atomic E-state index is 11.0. The molecule has 100 valence electrons. The smallest absolute Gasteiger partial charge is 0.335 e. The third-order valence-corrected chi connectivity index (χ3v) is 3.45. The Morgan fingerprint density at radius 1 is 1.32 bits per heavy atom. The lowest BCUT2D eigenvalue weighted by atomic mass is 9.94. The summed E-state index contributed by atoms with van der Waals surface area (Å²) in [5.74, 6) is -0.0861. The van der Waals surface area contributed by atoms with Gasteiger partial charge in [-0.15, -0.1) is 0 Å². The van der Waals surface area contributed by atoms with Crippen molar-refractivity contribution in [3.8, 4) is 5.75 Å². The van der Waals surface area contributed by atoms with E-state index in [-0.39, 0.29) is 0 Å². The predicted molar refractivity (Wildman–Crippen MR) is 76.2 cm³/mol. The third kappa shape index (κ3) is 2.41. The Balaban J connectivity index is 2.75. The summed E-state index contributed by atoms with van der Waals surface area (Å²) in [6.45, 7) is 4.19. The average molecular weight is 258 g/mol. The summed E-state index contributed by atoms with van der Waals surface area (Å²) in [5.41, 5.74) is 2.69. The fourth-order valence-corrected chi connectivity index (χ4v) is 2.47. The number of carbonyl (C=O) groups is 1. The number of aryl methyl sites for hydroxylation is 1. The summed E-state index contributed by atoms with van der Waals surface area (Å²) in [6, 6.07) is 7.18. The van der Waals surface area contributed by atoms with Gasteiger partial charge in [0, 0.05) is 0 Å². The van der Waals surface area contributed by atoms with Crippen LogP contribution in [0.3, 0.4) is 0 Å². The van der Waals surface area contributed by atoms with E-state index >= 15 is 0 Å². The van der Waals surface area contributed by atoms with Crippen LogP contribution in [0.4, 0.5) is 0 Å². The molecule has 0 saturated carbocycles. The van der Waals surface area contributed by atoms with E-state index in [1.807, 2.05) is 19.1 Å². The zero-order valence-corrected chi connectivity index (χ0v) is 11.5. The van der Waals surface area contributed by atoms with Gasteiger partial charge < -0.3 is 9.84 Å². The lowest BCUT2D eigenvalue weighted by Crippen LogP contribution is -1.99. The van der Waals surface area contributed by atoms with Crippen molar-refractivity contribution < 1.29 is 14.6 Å². The highest BCUT2D eigenvalue weighted by atomic mass is 16.5. The monoisotopic (exact) mass is 258 g/mol. The molecule has 2 rings (SSSR count). The molecule has 2 aromatic carbocycles. The van der Waals surface area contributed by atoms with Crippen molar-refractivity contribution in [2.75, 3.05) is 7.11 Å². The Hall–Kier alpha value is -2.03. The predicted octanol–water partition coefficient (Wildman–Crippen LogP) is 3.81. The van der Waals surface area contributed by atoms with Crippen LogP contribution in [-0.4, -0.2) is 18.2 Å². The van der Waals surface area contributed by atoms with E-state index in [0.29, 0.717) is 5.56 Å². The Kier molecular flexibility index (Phi) is 3.74. The van der Waals surface area contributed by atoms with Crippen molar-refractivity contribution in [2.24, 2.45) is 0 Å². The fourth-order valence-electron chi connectivity index (χ4n) is 2.47. The van der Waals surface area contributed by atoms with E-state index < -0.39 is 5.97 Å². The van der Waals surface area contributed by atoms with Crippen LogP contribution in [0, 0.1) is 6.92 Å². The van der Waals surface area contributed by atoms with Crippen LogP contribution in [-0.2, 0) is 6.42 Å². The molecule has 0 fully saturated rings. The van der Waals surface area contributed by atoms with Crippen LogP contribution < -0.4 is 4.74 Å². The first-order chi connectivity index (χ1) is 9.08. The fraction of sp³-hybridized carbons (Fsp3) is 0.312. The van der Waals surface area contributed by atoms with Gasteiger partial charge >= 0.3 is 5.97 Å². The highest BCUT2D eigenvalue weighted by Crippen LogP contribution is 2.32. The topological polar surface area (TPSA) is 46.5 Å². The van der Waals surface area contributed by atoms with Crippen LogP contribution >= 0.6 is 0 Å². The van der Waals surface area contributed by atoms with E-state index in [0.717, 1.165) is 34.9 Å². The zero-order chi connectivity index (χ0) is 14.0. The quantitative estimate of drug-likeness (QED) is 0.907. The van der Waals surface area contributed by atoms with E-state index in [2.05, 4.69) is 6.92 Å². The molecule has 0 radical (unpaired) electrons. The van der Waals surface area contributed by atoms with Gasteiger partial charge in [-0.25, -0.2) is 4.79 Å². The molecule has 3 nitrogen and oxygen atoms in total. The zero-order valence-electron chi connectivity index (χ0n) is 11.5. The minimum absolute atomic E-state index is 0.306. The number of hydrogen-bond donors (Lipinski definition) is 1. The highest BCUT2D eigenvalue weighted by molar-refractivity contribution is 5.96. The molecule has 19 heavy (non-hydrogen) atoms. The van der Waals surface area contributed by atoms with Gasteiger partial charge in [0.2, 0.25) is 0 Å². The summed E-state index contributed by atoms with van der Waals surface area (Å²) in [4.78, 5) is 11.0. The Bertz CT molecular complexity index is 629. The molecule has 0 atom stereocenters. The molecule has 1 N–H and O–H groups in total. The number of hydrogen-bond acceptors (Lipinski definition) is 2. The normalized spacial score (nSPS) is 10.7. The lowest BCUT2D eigenvalue weighted by molar-refractivity contribution is 0.0697. The molecular formula is C16H18O3. The molecular weight excluding hydrogens is 240 g/mol. The molecule has 0 aromatic heterocycles. The first kappa shape index (κ1) is 13.4. The van der Waals surface area contributed by atoms with Crippen molar-refractivity contribution in [1.82, 2.24) is 0 Å². The largest absolute Gasteiger partial charge is 0.496 e. The van der Waals surface area contributed by atoms with E-state index in [4.69, 9.17) is 9.84 Å². The molecule has 0 unspecified atom stereocenters. The van der Waals surface area contributed by atoms with Crippen LogP contribution in [0.1, 0.15) is 34.8 Å². The van der Waals surface area contributed by atoms with Crippen LogP contribution in [0.15, 0.2) is 24.3 Å². The van der Waals surface area contributed by atoms with Gasteiger partial charge in [0.1, 0.15) is 5.75 Å². The van der Waals surface area contributed by atoms with Crippen LogP contribution in [0.25, 0.3) is 10.8 Å². The molecule has 3 heteroatoms. The average Bonchev–Trinajstić information content (AvgIpc) is 2.41. The van der Waals surface area contributed by atoms with E-state index in [9.17, 15) is 4.79 Å². The van der Waals surface area contributed by atoms with Crippen LogP contribution in [0.2, 0.25) is 0 Å². The standard InChI is InChI=1S/C16H18O3/c1-4-5-13-10(2)15(19-3)9-12-8-11(16(17)18)6-7-14(12)13/h6-9H,4-5H2,1-3H3,(H,17,18). The number of methoxy groups -OCH3 is 1. The number of aromatic carboxylic acids is 1. The van der Waals surface area contributed by atoms with Gasteiger partial charge in [0.05, 0.1) is 12.7 Å². The molecule has 0 aliphatic carbocycles. The van der Waals surface area contributed by atoms with Gasteiger partial charge in [-0.3, -0.25) is 0 Å². The van der Waals surface area contributed by atoms with Crippen molar-refractivity contribution >= 4 is 16.7 Å². The Morgan fingerprint density at radius 3 is 2.63 bits per heavy atom. The first-order valence-electron chi connectivity index (χ1n) is 6.42. The first-order valence-corrected chi connectivity index (χ1v) is 6.42. The number of carboxylic acid groups (broad SMARTS) is 1. The van der Waals surface area contributed by atoms with Gasteiger partial charge in [0.25, 0.3) is 0 Å². The van der Waals surface area contributed by atoms with E-state index in [1.165, 1.54) is 5.56 Å². The Morgan fingerprint density at radius 2 is 2.05 bits per heavy atom. The molecule has 0 bridgehead atoms. The molecule has 0 saturated heterocycles. The highest BCUT2D eigenvalue weighted by Gasteiger charge is 2.12. The summed E-state index contributed by atoms with van der Waals surface area (Å²) >= 11 is 0. The molecule has 2 aromatic rings. The lowest BCUT2D eigenvalue weighted by Gasteiger charge is -2.14. The number of fused-ring (bicyclic) bond motifs is 1. The maximum Gasteiger partial charge on any atom is 0.335 e. The Labute approximate surface area is 112 Å². The molecule has 0 aliphatic rings. The van der Waals surface area contributed by atoms with Crippen molar-refractivity contribution in [2.45, 2.75) is 26.7 Å². The van der Waals surface area contributed by atoms with Crippen molar-refractivity contribution in [3.63, 3.8) is 0 Å². The van der Waals surface area contributed by atoms with Gasteiger partial charge in [-0.2, -0.15) is 0 Å². The summed E-state index contributed by atoms with van der Waals surface area (Å²) < 4.78 is 5.39. The second-order valence-electron chi connectivity index (χ2n) is 4.67. The van der Waals surface area contributed by atoms with Gasteiger partial charge in [-0.1, -0.05) is 19.4 Å². The molecule has 0 aliphatic heterocycles. The molecule has 0 heterocycles. The minimum Gasteiger partial charge on any atom is -0.496 e. The maximum atomic E-state index is 11.0. The summed E-state index contributed by atoms with van der Waals surface area (Å²) in [7, 11) is 1.64.